The lowest BCUT2D eigenvalue weighted by atomic mass is 10.0. The molecular formula is C16H21N3O3S. The van der Waals surface area contributed by atoms with Crippen LogP contribution in [0.1, 0.15) is 42.3 Å². The number of aryl methyl sites for hydroxylation is 1. The maximum absolute atomic E-state index is 12.2. The summed E-state index contributed by atoms with van der Waals surface area (Å²) in [6, 6.07) is 3.15. The smallest absolute Gasteiger partial charge is 0.315 e. The molecule has 0 radical (unpaired) electrons. The van der Waals surface area contributed by atoms with Crippen LogP contribution >= 0.6 is 11.3 Å². The van der Waals surface area contributed by atoms with Crippen molar-refractivity contribution in [2.75, 3.05) is 6.54 Å². The van der Waals surface area contributed by atoms with Gasteiger partial charge in [0.05, 0.1) is 12.6 Å². The van der Waals surface area contributed by atoms with Gasteiger partial charge in [-0.3, -0.25) is 0 Å². The Morgan fingerprint density at radius 2 is 2.35 bits per heavy atom. The number of hydrogen-bond acceptors (Lipinski definition) is 5. The first-order chi connectivity index (χ1) is 11.0. The minimum absolute atomic E-state index is 0.0502. The molecule has 1 aliphatic rings. The Balaban J connectivity index is 1.56. The van der Waals surface area contributed by atoms with Crippen LogP contribution in [0.5, 0.6) is 0 Å². The monoisotopic (exact) mass is 335 g/mol. The number of aliphatic hydroxyl groups is 1. The van der Waals surface area contributed by atoms with Crippen LogP contribution in [0.25, 0.3) is 0 Å². The Morgan fingerprint density at radius 1 is 1.57 bits per heavy atom. The van der Waals surface area contributed by atoms with Crippen molar-refractivity contribution in [2.45, 2.75) is 38.3 Å². The van der Waals surface area contributed by atoms with Gasteiger partial charge in [0.25, 0.3) is 0 Å². The molecule has 3 N–H and O–H groups in total. The molecule has 6 nitrogen and oxygen atoms in total. The Hall–Kier alpha value is -1.86. The molecule has 2 atom stereocenters. The van der Waals surface area contributed by atoms with E-state index in [9.17, 15) is 9.90 Å². The number of carbonyl (C=O) groups is 1. The van der Waals surface area contributed by atoms with Crippen molar-refractivity contribution < 1.29 is 14.3 Å². The highest BCUT2D eigenvalue weighted by molar-refractivity contribution is 7.09. The third kappa shape index (κ3) is 3.92. The van der Waals surface area contributed by atoms with E-state index in [1.54, 1.807) is 36.6 Å². The number of nitrogens with one attached hydrogen (secondary N) is 2. The number of carbonyl (C=O) groups excluding carboxylic acids is 1. The molecule has 124 valence electrons. The molecule has 7 heteroatoms. The molecule has 0 aliphatic heterocycles. The largest absolute Gasteiger partial charge is 0.463 e. The second-order valence-electron chi connectivity index (χ2n) is 6.20. The zero-order valence-corrected chi connectivity index (χ0v) is 14.0. The first kappa shape index (κ1) is 16.0. The van der Waals surface area contributed by atoms with Crippen LogP contribution in [-0.2, 0) is 5.60 Å². The summed E-state index contributed by atoms with van der Waals surface area (Å²) in [4.78, 5) is 16.5. The van der Waals surface area contributed by atoms with Crippen molar-refractivity contribution in [1.29, 1.82) is 0 Å². The van der Waals surface area contributed by atoms with Crippen LogP contribution in [-0.4, -0.2) is 22.7 Å². The third-order valence-corrected chi connectivity index (χ3v) is 4.82. The van der Waals surface area contributed by atoms with Crippen molar-refractivity contribution >= 4 is 17.4 Å². The van der Waals surface area contributed by atoms with Crippen molar-refractivity contribution in [1.82, 2.24) is 15.6 Å². The summed E-state index contributed by atoms with van der Waals surface area (Å²) >= 11 is 1.55. The quantitative estimate of drug-likeness (QED) is 0.757. The highest BCUT2D eigenvalue weighted by Crippen LogP contribution is 2.41. The van der Waals surface area contributed by atoms with Crippen LogP contribution in [0.2, 0.25) is 0 Å². The van der Waals surface area contributed by atoms with E-state index in [0.717, 1.165) is 23.6 Å². The summed E-state index contributed by atoms with van der Waals surface area (Å²) in [5.74, 6) is 1.62. The van der Waals surface area contributed by atoms with Crippen molar-refractivity contribution in [3.8, 4) is 0 Å². The van der Waals surface area contributed by atoms with Gasteiger partial charge in [-0.15, -0.1) is 11.3 Å². The summed E-state index contributed by atoms with van der Waals surface area (Å²) < 4.78 is 5.44. The van der Waals surface area contributed by atoms with E-state index in [4.69, 9.17) is 4.42 Å². The summed E-state index contributed by atoms with van der Waals surface area (Å²) in [6.45, 7) is 3.50. The Labute approximate surface area is 138 Å². The summed E-state index contributed by atoms with van der Waals surface area (Å²) in [5, 5.41) is 19.0. The fraction of sp³-hybridized carbons (Fsp3) is 0.500. The van der Waals surface area contributed by atoms with Gasteiger partial charge in [0.1, 0.15) is 22.1 Å². The first-order valence-corrected chi connectivity index (χ1v) is 8.57. The first-order valence-electron chi connectivity index (χ1n) is 7.69. The molecule has 23 heavy (non-hydrogen) atoms. The fourth-order valence-corrected chi connectivity index (χ4v) is 3.24. The SMILES string of the molecule is Cc1ccc(C(C)(O)CNC(=O)NC(c2nccs2)C2CC2)o1. The molecule has 0 bridgehead atoms. The van der Waals surface area contributed by atoms with E-state index in [0.29, 0.717) is 11.7 Å². The van der Waals surface area contributed by atoms with Crippen LogP contribution < -0.4 is 10.6 Å². The molecule has 2 aromatic heterocycles. The number of amides is 2. The van der Waals surface area contributed by atoms with Crippen LogP contribution in [0.4, 0.5) is 4.79 Å². The van der Waals surface area contributed by atoms with Gasteiger partial charge in [-0.25, -0.2) is 9.78 Å². The number of furan rings is 1. The molecule has 0 aromatic carbocycles. The van der Waals surface area contributed by atoms with E-state index in [1.165, 1.54) is 0 Å². The van der Waals surface area contributed by atoms with Gasteiger partial charge in [0.2, 0.25) is 0 Å². The third-order valence-electron chi connectivity index (χ3n) is 3.96. The van der Waals surface area contributed by atoms with Gasteiger partial charge in [0.15, 0.2) is 0 Å². The Bertz CT molecular complexity index is 662. The van der Waals surface area contributed by atoms with E-state index >= 15 is 0 Å². The number of urea groups is 1. The lowest BCUT2D eigenvalue weighted by Crippen LogP contribution is -2.44. The number of hydrogen-bond donors (Lipinski definition) is 3. The maximum Gasteiger partial charge on any atom is 0.315 e. The molecule has 3 rings (SSSR count). The lowest BCUT2D eigenvalue weighted by molar-refractivity contribution is 0.0358. The van der Waals surface area contributed by atoms with Crippen LogP contribution in [0.15, 0.2) is 28.1 Å². The molecule has 1 fully saturated rings. The molecule has 2 unspecified atom stereocenters. The summed E-state index contributed by atoms with van der Waals surface area (Å²) in [5.41, 5.74) is -1.25. The minimum atomic E-state index is -1.25. The Kier molecular flexibility index (Phi) is 4.41. The lowest BCUT2D eigenvalue weighted by Gasteiger charge is -2.23. The van der Waals surface area contributed by atoms with Crippen molar-refractivity contribution in [3.05, 3.63) is 40.2 Å². The maximum atomic E-state index is 12.2. The predicted molar refractivity (Wildman–Crippen MR) is 87.1 cm³/mol. The second-order valence-corrected chi connectivity index (χ2v) is 7.12. The minimum Gasteiger partial charge on any atom is -0.463 e. The van der Waals surface area contributed by atoms with Gasteiger partial charge in [0, 0.05) is 11.6 Å². The molecule has 1 saturated carbocycles. The zero-order valence-electron chi connectivity index (χ0n) is 13.2. The van der Waals surface area contributed by atoms with E-state index in [2.05, 4.69) is 15.6 Å². The normalized spacial score (nSPS) is 18.2. The molecule has 2 amide bonds. The summed E-state index contributed by atoms with van der Waals surface area (Å²) in [6.07, 6.45) is 3.96. The fourth-order valence-electron chi connectivity index (χ4n) is 2.45. The highest BCUT2D eigenvalue weighted by atomic mass is 32.1. The highest BCUT2D eigenvalue weighted by Gasteiger charge is 2.35. The molecule has 2 heterocycles. The van der Waals surface area contributed by atoms with E-state index in [-0.39, 0.29) is 18.6 Å². The number of rotatable bonds is 6. The van der Waals surface area contributed by atoms with Gasteiger partial charge >= 0.3 is 6.03 Å². The van der Waals surface area contributed by atoms with Gasteiger partial charge in [-0.05, 0) is 44.7 Å². The average Bonchev–Trinajstić information content (AvgIpc) is 3.00. The Morgan fingerprint density at radius 3 is 2.91 bits per heavy atom. The molecule has 0 saturated heterocycles. The predicted octanol–water partition coefficient (Wildman–Crippen LogP) is 2.70. The number of thiazole rings is 1. The van der Waals surface area contributed by atoms with Crippen molar-refractivity contribution in [2.24, 2.45) is 5.92 Å². The van der Waals surface area contributed by atoms with E-state index < -0.39 is 5.60 Å². The topological polar surface area (TPSA) is 87.4 Å². The zero-order chi connectivity index (χ0) is 16.4. The summed E-state index contributed by atoms with van der Waals surface area (Å²) in [7, 11) is 0. The molecule has 0 spiro atoms. The van der Waals surface area contributed by atoms with Gasteiger partial charge < -0.3 is 20.2 Å². The van der Waals surface area contributed by atoms with Gasteiger partial charge in [-0.1, -0.05) is 0 Å². The second kappa shape index (κ2) is 6.33. The molecule has 2 aromatic rings. The standard InChI is InChI=1S/C16H21N3O3S/c1-10-3-6-12(22-10)16(2,21)9-18-15(20)19-13(11-4-5-11)14-17-7-8-23-14/h3,6-8,11,13,21H,4-5,9H2,1-2H3,(H2,18,19,20). The molecular weight excluding hydrogens is 314 g/mol. The van der Waals surface area contributed by atoms with E-state index in [1.807, 2.05) is 12.3 Å². The van der Waals surface area contributed by atoms with Gasteiger partial charge in [-0.2, -0.15) is 0 Å². The number of aromatic nitrogens is 1. The van der Waals surface area contributed by atoms with Crippen LogP contribution in [0, 0.1) is 12.8 Å². The number of nitrogens with zero attached hydrogens (tertiary/aromatic N) is 1. The average molecular weight is 335 g/mol. The van der Waals surface area contributed by atoms with Crippen molar-refractivity contribution in [3.63, 3.8) is 0 Å². The molecule has 1 aliphatic carbocycles. The van der Waals surface area contributed by atoms with Crippen LogP contribution in [0.3, 0.4) is 0 Å².